The fraction of sp³-hybridized carbons (Fsp3) is 0.625. The van der Waals surface area contributed by atoms with Gasteiger partial charge in [0.05, 0.1) is 12.1 Å². The zero-order valence-corrected chi connectivity index (χ0v) is 10.8. The lowest BCUT2D eigenvalue weighted by Gasteiger charge is -2.21. The number of nitrogens with zero attached hydrogens (tertiary/aromatic N) is 2. The van der Waals surface area contributed by atoms with Gasteiger partial charge in [0.15, 0.2) is 0 Å². The van der Waals surface area contributed by atoms with Crippen LogP contribution in [0.25, 0.3) is 0 Å². The summed E-state index contributed by atoms with van der Waals surface area (Å²) >= 11 is 6.63. The molecule has 1 aromatic heterocycles. The van der Waals surface area contributed by atoms with Crippen molar-refractivity contribution >= 4 is 31.9 Å². The molecule has 1 atom stereocenters. The van der Waals surface area contributed by atoms with Crippen LogP contribution in [0, 0.1) is 0 Å². The summed E-state index contributed by atoms with van der Waals surface area (Å²) in [7, 11) is 0. The maximum absolute atomic E-state index is 9.81. The Morgan fingerprint density at radius 2 is 2.23 bits per heavy atom. The van der Waals surface area contributed by atoms with Crippen molar-refractivity contribution < 1.29 is 5.11 Å². The fourth-order valence-electron chi connectivity index (χ4n) is 0.910. The summed E-state index contributed by atoms with van der Waals surface area (Å²) in [5.41, 5.74) is -0.700. The molecule has 1 rings (SSSR count). The Labute approximate surface area is 94.4 Å². The molecule has 0 bridgehead atoms. The molecule has 5 heteroatoms. The van der Waals surface area contributed by atoms with Crippen LogP contribution in [0.4, 0.5) is 0 Å². The van der Waals surface area contributed by atoms with Gasteiger partial charge in [0.1, 0.15) is 9.21 Å². The molecule has 0 aliphatic rings. The van der Waals surface area contributed by atoms with Gasteiger partial charge >= 0.3 is 0 Å². The lowest BCUT2D eigenvalue weighted by molar-refractivity contribution is 0.0337. The molecule has 0 saturated carbocycles. The zero-order chi connectivity index (χ0) is 10.1. The largest absolute Gasteiger partial charge is 0.388 e. The van der Waals surface area contributed by atoms with E-state index in [-0.39, 0.29) is 0 Å². The van der Waals surface area contributed by atoms with Crippen molar-refractivity contribution in [3.8, 4) is 0 Å². The Morgan fingerprint density at radius 1 is 1.62 bits per heavy atom. The van der Waals surface area contributed by atoms with Gasteiger partial charge in [0.25, 0.3) is 0 Å². The van der Waals surface area contributed by atoms with Crippen molar-refractivity contribution in [2.24, 2.45) is 0 Å². The highest BCUT2D eigenvalue weighted by Crippen LogP contribution is 2.20. The van der Waals surface area contributed by atoms with Crippen LogP contribution in [0.3, 0.4) is 0 Å². The highest BCUT2D eigenvalue weighted by atomic mass is 79.9. The first-order valence-corrected chi connectivity index (χ1v) is 5.64. The highest BCUT2D eigenvalue weighted by Gasteiger charge is 2.20. The minimum Gasteiger partial charge on any atom is -0.388 e. The Bertz CT molecular complexity index is 296. The smallest absolute Gasteiger partial charge is 0.129 e. The number of aliphatic hydroxyl groups is 1. The van der Waals surface area contributed by atoms with Gasteiger partial charge in [0, 0.05) is 6.07 Å². The standard InChI is InChI=1S/C8H12Br2N2O/c1-3-8(2,13)5-12-7(10)4-6(9)11-12/h4,13H,3,5H2,1-2H3. The summed E-state index contributed by atoms with van der Waals surface area (Å²) in [6.45, 7) is 4.25. The van der Waals surface area contributed by atoms with Crippen LogP contribution in [0.1, 0.15) is 20.3 Å². The molecule has 0 aromatic carbocycles. The molecule has 0 saturated heterocycles. The molecule has 13 heavy (non-hydrogen) atoms. The van der Waals surface area contributed by atoms with Crippen molar-refractivity contribution in [2.75, 3.05) is 0 Å². The zero-order valence-electron chi connectivity index (χ0n) is 7.59. The van der Waals surface area contributed by atoms with Crippen LogP contribution < -0.4 is 0 Å². The summed E-state index contributed by atoms with van der Waals surface area (Å²) in [6.07, 6.45) is 0.705. The average molecular weight is 312 g/mol. The van der Waals surface area contributed by atoms with Gasteiger partial charge in [-0.05, 0) is 45.2 Å². The van der Waals surface area contributed by atoms with Crippen molar-refractivity contribution in [1.29, 1.82) is 0 Å². The van der Waals surface area contributed by atoms with E-state index in [2.05, 4.69) is 37.0 Å². The minimum absolute atomic E-state index is 0.496. The van der Waals surface area contributed by atoms with Crippen molar-refractivity contribution in [1.82, 2.24) is 9.78 Å². The molecule has 74 valence electrons. The molecular formula is C8H12Br2N2O. The van der Waals surface area contributed by atoms with Gasteiger partial charge < -0.3 is 5.11 Å². The van der Waals surface area contributed by atoms with Crippen molar-refractivity contribution in [3.63, 3.8) is 0 Å². The number of rotatable bonds is 3. The van der Waals surface area contributed by atoms with E-state index in [1.807, 2.05) is 13.0 Å². The highest BCUT2D eigenvalue weighted by molar-refractivity contribution is 9.11. The summed E-state index contributed by atoms with van der Waals surface area (Å²) < 4.78 is 3.37. The van der Waals surface area contributed by atoms with Gasteiger partial charge in [-0.2, -0.15) is 5.10 Å². The molecule has 1 aromatic rings. The lowest BCUT2D eigenvalue weighted by Crippen LogP contribution is -2.30. The molecule has 0 fully saturated rings. The number of aromatic nitrogens is 2. The Hall–Kier alpha value is 0.130. The van der Waals surface area contributed by atoms with Crippen LogP contribution in [-0.4, -0.2) is 20.5 Å². The Balaban J connectivity index is 2.79. The molecule has 0 aliphatic carbocycles. The average Bonchev–Trinajstić information content (AvgIpc) is 2.30. The molecule has 1 N–H and O–H groups in total. The molecule has 1 heterocycles. The third-order valence-corrected chi connectivity index (χ3v) is 2.98. The van der Waals surface area contributed by atoms with E-state index in [4.69, 9.17) is 0 Å². The van der Waals surface area contributed by atoms with Gasteiger partial charge in [-0.15, -0.1) is 0 Å². The monoisotopic (exact) mass is 310 g/mol. The summed E-state index contributed by atoms with van der Waals surface area (Å²) in [6, 6.07) is 1.85. The van der Waals surface area contributed by atoms with E-state index in [0.29, 0.717) is 13.0 Å². The normalized spacial score (nSPS) is 15.8. The topological polar surface area (TPSA) is 38.0 Å². The Morgan fingerprint density at radius 3 is 2.62 bits per heavy atom. The van der Waals surface area contributed by atoms with Gasteiger partial charge in [-0.25, -0.2) is 0 Å². The number of hydrogen-bond acceptors (Lipinski definition) is 2. The second kappa shape index (κ2) is 4.11. The quantitative estimate of drug-likeness (QED) is 0.931. The van der Waals surface area contributed by atoms with Crippen molar-refractivity contribution in [3.05, 3.63) is 15.3 Å². The first-order valence-electron chi connectivity index (χ1n) is 4.06. The van der Waals surface area contributed by atoms with Crippen LogP contribution >= 0.6 is 31.9 Å². The molecule has 0 radical (unpaired) electrons. The fourth-order valence-corrected chi connectivity index (χ4v) is 2.05. The summed E-state index contributed by atoms with van der Waals surface area (Å²) in [5.74, 6) is 0. The van der Waals surface area contributed by atoms with E-state index >= 15 is 0 Å². The van der Waals surface area contributed by atoms with Crippen LogP contribution in [0.2, 0.25) is 0 Å². The van der Waals surface area contributed by atoms with E-state index in [0.717, 1.165) is 9.21 Å². The summed E-state index contributed by atoms with van der Waals surface area (Å²) in [5, 5.41) is 14.0. The third kappa shape index (κ3) is 3.07. The molecular weight excluding hydrogens is 300 g/mol. The van der Waals surface area contributed by atoms with E-state index < -0.39 is 5.60 Å². The van der Waals surface area contributed by atoms with Crippen LogP contribution in [0.15, 0.2) is 15.3 Å². The van der Waals surface area contributed by atoms with Crippen LogP contribution in [-0.2, 0) is 6.54 Å². The first kappa shape index (κ1) is 11.2. The molecule has 1 unspecified atom stereocenters. The lowest BCUT2D eigenvalue weighted by atomic mass is 10.0. The Kier molecular flexibility index (Phi) is 3.54. The molecule has 0 aliphatic heterocycles. The van der Waals surface area contributed by atoms with Gasteiger partial charge in [-0.1, -0.05) is 6.92 Å². The molecule has 0 amide bonds. The SMILES string of the molecule is CCC(C)(O)Cn1nc(Br)cc1Br. The molecule has 0 spiro atoms. The second-order valence-corrected chi connectivity index (χ2v) is 4.92. The van der Waals surface area contributed by atoms with Crippen molar-refractivity contribution in [2.45, 2.75) is 32.4 Å². The van der Waals surface area contributed by atoms with E-state index in [9.17, 15) is 5.11 Å². The third-order valence-electron chi connectivity index (χ3n) is 1.95. The summed E-state index contributed by atoms with van der Waals surface area (Å²) in [4.78, 5) is 0. The predicted octanol–water partition coefficient (Wildman–Crippen LogP) is 2.57. The van der Waals surface area contributed by atoms with Gasteiger partial charge in [-0.3, -0.25) is 4.68 Å². The number of halogens is 2. The maximum Gasteiger partial charge on any atom is 0.129 e. The number of hydrogen-bond donors (Lipinski definition) is 1. The molecule has 3 nitrogen and oxygen atoms in total. The van der Waals surface area contributed by atoms with E-state index in [1.165, 1.54) is 0 Å². The second-order valence-electron chi connectivity index (χ2n) is 3.30. The van der Waals surface area contributed by atoms with Gasteiger partial charge in [0.2, 0.25) is 0 Å². The first-order chi connectivity index (χ1) is 5.94. The van der Waals surface area contributed by atoms with E-state index in [1.54, 1.807) is 11.6 Å². The van der Waals surface area contributed by atoms with Crippen LogP contribution in [0.5, 0.6) is 0 Å². The minimum atomic E-state index is -0.700. The maximum atomic E-state index is 9.81. The predicted molar refractivity (Wildman–Crippen MR) is 58.5 cm³/mol.